The molecule has 0 fully saturated rings. The lowest BCUT2D eigenvalue weighted by Crippen LogP contribution is -2.07. The second-order valence-electron chi connectivity index (χ2n) is 6.03. The smallest absolute Gasteiger partial charge is 0.125 e. The zero-order chi connectivity index (χ0) is 18.0. The van der Waals surface area contributed by atoms with E-state index in [1.165, 1.54) is 17.0 Å². The molecule has 0 aliphatic heterocycles. The summed E-state index contributed by atoms with van der Waals surface area (Å²) in [4.78, 5) is 10.2. The molecule has 0 aliphatic rings. The molecule has 0 aliphatic carbocycles. The monoisotopic (exact) mass is 359 g/mol. The van der Waals surface area contributed by atoms with Crippen molar-refractivity contribution in [3.8, 4) is 0 Å². The first kappa shape index (κ1) is 17.8. The summed E-state index contributed by atoms with van der Waals surface area (Å²) < 4.78 is 19.0. The number of nitrogens with zero attached hydrogens (tertiary/aromatic N) is 2. The van der Waals surface area contributed by atoms with Crippen LogP contribution in [0.4, 0.5) is 10.1 Å². The Kier molecular flexibility index (Phi) is 5.30. The highest BCUT2D eigenvalue weighted by Gasteiger charge is 2.16. The van der Waals surface area contributed by atoms with E-state index in [-0.39, 0.29) is 11.9 Å². The van der Waals surface area contributed by atoms with Gasteiger partial charge in [0.05, 0.1) is 23.9 Å². The summed E-state index contributed by atoms with van der Waals surface area (Å²) in [5, 5.41) is 5.44. The molecule has 1 unspecified atom stereocenters. The third-order valence-corrected chi connectivity index (χ3v) is 5.29. The van der Waals surface area contributed by atoms with Gasteiger partial charge in [0.2, 0.25) is 0 Å². The lowest BCUT2D eigenvalue weighted by Gasteiger charge is -2.17. The Morgan fingerprint density at radius 1 is 1.24 bits per heavy atom. The molecule has 0 saturated heterocycles. The number of benzene rings is 1. The molecule has 0 spiro atoms. The molecule has 3 aromatic rings. The number of hydrogen-bond acceptors (Lipinski definition) is 5. The number of aryl methyl sites for hydroxylation is 2. The summed E-state index contributed by atoms with van der Waals surface area (Å²) >= 11 is 1.66. The van der Waals surface area contributed by atoms with Crippen molar-refractivity contribution in [3.63, 3.8) is 0 Å². The average molecular weight is 359 g/mol. The topological polar surface area (TPSA) is 47.0 Å². The molecule has 2 heterocycles. The Morgan fingerprint density at radius 2 is 2.04 bits per heavy atom. The number of pyridine rings is 1. The fraction of sp³-hybridized carbons (Fsp3) is 0.368. The van der Waals surface area contributed by atoms with Crippen molar-refractivity contribution in [3.05, 3.63) is 51.4 Å². The highest BCUT2D eigenvalue weighted by atomic mass is 32.1. The van der Waals surface area contributed by atoms with Crippen molar-refractivity contribution in [2.24, 2.45) is 0 Å². The second-order valence-corrected chi connectivity index (χ2v) is 7.15. The number of ether oxygens (including phenoxy) is 1. The maximum atomic E-state index is 13.5. The Bertz CT molecular complexity index is 889. The summed E-state index contributed by atoms with van der Waals surface area (Å²) in [5.41, 5.74) is 3.48. The standard InChI is InChI=1S/C19H22FN3OS/c1-5-24-10-18-23-13(4)19(25-18)12(3)22-16-8-11(2)21-17-9-14(20)6-7-15(16)17/h6-9,12H,5,10H2,1-4H3,(H,21,22). The van der Waals surface area contributed by atoms with Crippen molar-refractivity contribution in [2.45, 2.75) is 40.3 Å². The number of rotatable bonds is 6. The Hall–Kier alpha value is -2.05. The van der Waals surface area contributed by atoms with Crippen LogP contribution in [0.15, 0.2) is 24.3 Å². The van der Waals surface area contributed by atoms with E-state index in [0.29, 0.717) is 18.7 Å². The van der Waals surface area contributed by atoms with Crippen molar-refractivity contribution < 1.29 is 9.13 Å². The van der Waals surface area contributed by atoms with Gasteiger partial charge >= 0.3 is 0 Å². The van der Waals surface area contributed by atoms with Gasteiger partial charge in [0.25, 0.3) is 0 Å². The van der Waals surface area contributed by atoms with E-state index < -0.39 is 0 Å². The van der Waals surface area contributed by atoms with Crippen LogP contribution < -0.4 is 5.32 Å². The lowest BCUT2D eigenvalue weighted by atomic mass is 10.1. The van der Waals surface area contributed by atoms with Gasteiger partial charge in [-0.2, -0.15) is 0 Å². The maximum absolute atomic E-state index is 13.5. The van der Waals surface area contributed by atoms with Crippen molar-refractivity contribution in [1.29, 1.82) is 0 Å². The van der Waals surface area contributed by atoms with Gasteiger partial charge in [0, 0.05) is 34.3 Å². The SMILES string of the molecule is CCOCc1nc(C)c(C(C)Nc2cc(C)nc3cc(F)ccc23)s1. The summed E-state index contributed by atoms with van der Waals surface area (Å²) in [5.74, 6) is -0.275. The third kappa shape index (κ3) is 3.96. The quantitative estimate of drug-likeness (QED) is 0.661. The second kappa shape index (κ2) is 7.45. The number of aromatic nitrogens is 2. The lowest BCUT2D eigenvalue weighted by molar-refractivity contribution is 0.134. The van der Waals surface area contributed by atoms with Crippen LogP contribution in [-0.4, -0.2) is 16.6 Å². The molecular weight excluding hydrogens is 337 g/mol. The van der Waals surface area contributed by atoms with Crippen LogP contribution in [0.1, 0.15) is 41.2 Å². The van der Waals surface area contributed by atoms with Crippen LogP contribution >= 0.6 is 11.3 Å². The van der Waals surface area contributed by atoms with Gasteiger partial charge in [0.1, 0.15) is 10.8 Å². The molecule has 1 aromatic carbocycles. The van der Waals surface area contributed by atoms with E-state index in [4.69, 9.17) is 4.74 Å². The minimum Gasteiger partial charge on any atom is -0.377 e. The Balaban J connectivity index is 1.89. The van der Waals surface area contributed by atoms with Gasteiger partial charge in [-0.3, -0.25) is 4.98 Å². The third-order valence-electron chi connectivity index (χ3n) is 3.97. The summed E-state index contributed by atoms with van der Waals surface area (Å²) in [6, 6.07) is 6.78. The summed E-state index contributed by atoms with van der Waals surface area (Å²) in [6.45, 7) is 9.25. The molecule has 1 N–H and O–H groups in total. The maximum Gasteiger partial charge on any atom is 0.125 e. The number of nitrogens with one attached hydrogen (secondary N) is 1. The van der Waals surface area contributed by atoms with Crippen LogP contribution in [0, 0.1) is 19.7 Å². The summed E-state index contributed by atoms with van der Waals surface area (Å²) in [6.07, 6.45) is 0. The number of thiazole rings is 1. The van der Waals surface area contributed by atoms with Crippen LogP contribution in [0.5, 0.6) is 0 Å². The molecule has 0 bridgehead atoms. The van der Waals surface area contributed by atoms with E-state index in [1.54, 1.807) is 17.4 Å². The molecule has 2 aromatic heterocycles. The highest BCUT2D eigenvalue weighted by Crippen LogP contribution is 2.31. The molecule has 0 radical (unpaired) electrons. The van der Waals surface area contributed by atoms with Crippen LogP contribution in [0.2, 0.25) is 0 Å². The van der Waals surface area contributed by atoms with E-state index in [1.807, 2.05) is 26.8 Å². The van der Waals surface area contributed by atoms with Crippen LogP contribution in [0.3, 0.4) is 0 Å². The molecule has 6 heteroatoms. The zero-order valence-corrected chi connectivity index (χ0v) is 15.7. The van der Waals surface area contributed by atoms with Gasteiger partial charge < -0.3 is 10.1 Å². The van der Waals surface area contributed by atoms with E-state index in [2.05, 4.69) is 22.2 Å². The predicted molar refractivity (Wildman–Crippen MR) is 101 cm³/mol. The van der Waals surface area contributed by atoms with Gasteiger partial charge in [-0.15, -0.1) is 11.3 Å². The van der Waals surface area contributed by atoms with Gasteiger partial charge in [0.15, 0.2) is 0 Å². The van der Waals surface area contributed by atoms with Crippen molar-refractivity contribution in [2.75, 3.05) is 11.9 Å². The molecular formula is C19H22FN3OS. The fourth-order valence-corrected chi connectivity index (χ4v) is 3.88. The van der Waals surface area contributed by atoms with E-state index in [0.717, 1.165) is 27.5 Å². The van der Waals surface area contributed by atoms with Gasteiger partial charge in [-0.05, 0) is 45.9 Å². The molecule has 25 heavy (non-hydrogen) atoms. The first-order chi connectivity index (χ1) is 12.0. The fourth-order valence-electron chi connectivity index (χ4n) is 2.87. The first-order valence-electron chi connectivity index (χ1n) is 8.35. The van der Waals surface area contributed by atoms with Gasteiger partial charge in [-0.1, -0.05) is 0 Å². The van der Waals surface area contributed by atoms with Gasteiger partial charge in [-0.25, -0.2) is 9.37 Å². The molecule has 3 rings (SSSR count). The molecule has 0 saturated carbocycles. The molecule has 4 nitrogen and oxygen atoms in total. The largest absolute Gasteiger partial charge is 0.377 e. The van der Waals surface area contributed by atoms with E-state index in [9.17, 15) is 4.39 Å². The Labute approximate surface area is 151 Å². The zero-order valence-electron chi connectivity index (χ0n) is 14.9. The first-order valence-corrected chi connectivity index (χ1v) is 9.17. The minimum absolute atomic E-state index is 0.0860. The van der Waals surface area contributed by atoms with Crippen molar-refractivity contribution >= 4 is 27.9 Å². The summed E-state index contributed by atoms with van der Waals surface area (Å²) in [7, 11) is 0. The van der Waals surface area contributed by atoms with E-state index >= 15 is 0 Å². The minimum atomic E-state index is -0.275. The number of hydrogen-bond donors (Lipinski definition) is 1. The highest BCUT2D eigenvalue weighted by molar-refractivity contribution is 7.11. The van der Waals surface area contributed by atoms with Crippen LogP contribution in [-0.2, 0) is 11.3 Å². The molecule has 0 amide bonds. The van der Waals surface area contributed by atoms with Crippen LogP contribution in [0.25, 0.3) is 10.9 Å². The molecule has 1 atom stereocenters. The normalized spacial score (nSPS) is 12.5. The molecule has 132 valence electrons. The number of fused-ring (bicyclic) bond motifs is 1. The average Bonchev–Trinajstić information content (AvgIpc) is 2.93. The number of anilines is 1. The Morgan fingerprint density at radius 3 is 2.80 bits per heavy atom. The predicted octanol–water partition coefficient (Wildman–Crippen LogP) is 5.16. The number of halogens is 1. The van der Waals surface area contributed by atoms with Crippen molar-refractivity contribution in [1.82, 2.24) is 9.97 Å².